The number of anilines is 2. The first kappa shape index (κ1) is 19.5. The summed E-state index contributed by atoms with van der Waals surface area (Å²) in [5, 5.41) is 11.3. The van der Waals surface area contributed by atoms with Crippen LogP contribution in [0.15, 0.2) is 59.5 Å². The van der Waals surface area contributed by atoms with Crippen LogP contribution in [0.3, 0.4) is 0 Å². The van der Waals surface area contributed by atoms with Gasteiger partial charge in [0.15, 0.2) is 0 Å². The van der Waals surface area contributed by atoms with Gasteiger partial charge in [-0.3, -0.25) is 9.59 Å². The van der Waals surface area contributed by atoms with Gasteiger partial charge < -0.3 is 10.2 Å². The van der Waals surface area contributed by atoms with Gasteiger partial charge in [-0.25, -0.2) is 0 Å². The van der Waals surface area contributed by atoms with Gasteiger partial charge in [-0.1, -0.05) is 18.2 Å². The number of nitriles is 1. The molecule has 1 N–H and O–H groups in total. The molecule has 2 aromatic rings. The Labute approximate surface area is 158 Å². The largest absolute Gasteiger partial charge is 0.326 e. The molecule has 134 valence electrons. The smallest absolute Gasteiger partial charge is 0.240 e. The van der Waals surface area contributed by atoms with Crippen molar-refractivity contribution in [3.8, 4) is 6.07 Å². The summed E-state index contributed by atoms with van der Waals surface area (Å²) in [7, 11) is 0. The maximum atomic E-state index is 12.9. The fraction of sp³-hybridized carbons (Fsp3) is 0.250. The van der Waals surface area contributed by atoms with Crippen LogP contribution < -0.4 is 10.2 Å². The second-order valence-corrected chi connectivity index (χ2v) is 7.11. The van der Waals surface area contributed by atoms with E-state index >= 15 is 0 Å². The van der Waals surface area contributed by atoms with Crippen LogP contribution in [-0.2, 0) is 9.59 Å². The predicted molar refractivity (Wildman–Crippen MR) is 105 cm³/mol. The number of hydrogen-bond donors (Lipinski definition) is 1. The molecule has 0 aliphatic rings. The Kier molecular flexibility index (Phi) is 7.24. The van der Waals surface area contributed by atoms with Gasteiger partial charge in [-0.15, -0.1) is 11.8 Å². The molecule has 26 heavy (non-hydrogen) atoms. The standard InChI is InChI=1S/C20H21N3O2S/c1-15(26-19-11-9-17(10-12-19)22-16(2)24)20(25)23(14-6-13-21)18-7-4-3-5-8-18/h3-5,7-12,15H,6,14H2,1-2H3,(H,22,24)/t15-/m0/s1. The summed E-state index contributed by atoms with van der Waals surface area (Å²) in [5.74, 6) is -0.160. The van der Waals surface area contributed by atoms with E-state index in [0.29, 0.717) is 6.54 Å². The third-order valence-corrected chi connectivity index (χ3v) is 4.72. The molecule has 1 atom stereocenters. The van der Waals surface area contributed by atoms with Crippen molar-refractivity contribution < 1.29 is 9.59 Å². The minimum absolute atomic E-state index is 0.0395. The number of nitrogens with one attached hydrogen (secondary N) is 1. The fourth-order valence-corrected chi connectivity index (χ4v) is 3.36. The number of para-hydroxylation sites is 1. The number of carbonyl (C=O) groups is 2. The number of thioether (sulfide) groups is 1. The molecule has 0 aliphatic heterocycles. The van der Waals surface area contributed by atoms with Crippen molar-refractivity contribution in [1.29, 1.82) is 5.26 Å². The number of benzene rings is 2. The number of rotatable bonds is 7. The fourth-order valence-electron chi connectivity index (χ4n) is 2.43. The quantitative estimate of drug-likeness (QED) is 0.749. The molecule has 0 fully saturated rings. The summed E-state index contributed by atoms with van der Waals surface area (Å²) in [5.41, 5.74) is 1.52. The van der Waals surface area contributed by atoms with Crippen LogP contribution >= 0.6 is 11.8 Å². The summed E-state index contributed by atoms with van der Waals surface area (Å²) < 4.78 is 0. The molecule has 0 radical (unpaired) electrons. The molecule has 6 heteroatoms. The SMILES string of the molecule is CC(=O)Nc1ccc(S[C@@H](C)C(=O)N(CCC#N)c2ccccc2)cc1. The van der Waals surface area contributed by atoms with Crippen LogP contribution in [0.25, 0.3) is 0 Å². The lowest BCUT2D eigenvalue weighted by Crippen LogP contribution is -2.37. The lowest BCUT2D eigenvalue weighted by atomic mass is 10.2. The number of amides is 2. The highest BCUT2D eigenvalue weighted by atomic mass is 32.2. The van der Waals surface area contributed by atoms with Crippen LogP contribution in [0, 0.1) is 11.3 Å². The van der Waals surface area contributed by atoms with E-state index in [2.05, 4.69) is 11.4 Å². The molecule has 5 nitrogen and oxygen atoms in total. The van der Waals surface area contributed by atoms with E-state index in [1.165, 1.54) is 18.7 Å². The average Bonchev–Trinajstić information content (AvgIpc) is 2.64. The zero-order valence-electron chi connectivity index (χ0n) is 14.8. The predicted octanol–water partition coefficient (Wildman–Crippen LogP) is 4.07. The molecule has 2 amide bonds. The van der Waals surface area contributed by atoms with Crippen molar-refractivity contribution in [3.05, 3.63) is 54.6 Å². The Bertz CT molecular complexity index is 785. The third kappa shape index (κ3) is 5.64. The first-order chi connectivity index (χ1) is 12.5. The second kappa shape index (κ2) is 9.64. The Morgan fingerprint density at radius 2 is 1.81 bits per heavy atom. The van der Waals surface area contributed by atoms with E-state index in [9.17, 15) is 9.59 Å². The van der Waals surface area contributed by atoms with Gasteiger partial charge in [-0.2, -0.15) is 5.26 Å². The van der Waals surface area contributed by atoms with Gasteiger partial charge in [0.25, 0.3) is 0 Å². The molecule has 0 heterocycles. The monoisotopic (exact) mass is 367 g/mol. The van der Waals surface area contributed by atoms with Gasteiger partial charge in [0.05, 0.1) is 17.7 Å². The van der Waals surface area contributed by atoms with E-state index in [4.69, 9.17) is 5.26 Å². The van der Waals surface area contributed by atoms with E-state index < -0.39 is 0 Å². The van der Waals surface area contributed by atoms with Crippen LogP contribution in [0.5, 0.6) is 0 Å². The zero-order valence-corrected chi connectivity index (χ0v) is 15.6. The van der Waals surface area contributed by atoms with Crippen LogP contribution in [0.2, 0.25) is 0 Å². The normalized spacial score (nSPS) is 11.3. The van der Waals surface area contributed by atoms with Crippen LogP contribution in [0.4, 0.5) is 11.4 Å². The maximum Gasteiger partial charge on any atom is 0.240 e. The molecule has 0 spiro atoms. The molecule has 0 aromatic heterocycles. The molecule has 2 rings (SSSR count). The highest BCUT2D eigenvalue weighted by molar-refractivity contribution is 8.00. The molecular formula is C20H21N3O2S. The zero-order chi connectivity index (χ0) is 18.9. The summed E-state index contributed by atoms with van der Waals surface area (Å²) in [6.45, 7) is 3.69. The highest BCUT2D eigenvalue weighted by Crippen LogP contribution is 2.27. The van der Waals surface area contributed by atoms with Crippen molar-refractivity contribution in [3.63, 3.8) is 0 Å². The molecular weight excluding hydrogens is 346 g/mol. The third-order valence-electron chi connectivity index (χ3n) is 3.62. The lowest BCUT2D eigenvalue weighted by Gasteiger charge is -2.25. The molecule has 2 aromatic carbocycles. The van der Waals surface area contributed by atoms with Gasteiger partial charge in [0, 0.05) is 29.7 Å². The topological polar surface area (TPSA) is 73.2 Å². The molecule has 0 saturated heterocycles. The number of hydrogen-bond acceptors (Lipinski definition) is 4. The first-order valence-corrected chi connectivity index (χ1v) is 9.17. The van der Waals surface area contributed by atoms with Crippen LogP contribution in [0.1, 0.15) is 20.3 Å². The Hall–Kier alpha value is -2.78. The Morgan fingerprint density at radius 1 is 1.15 bits per heavy atom. The van der Waals surface area contributed by atoms with Gasteiger partial charge in [-0.05, 0) is 43.3 Å². The van der Waals surface area contributed by atoms with E-state index in [1.54, 1.807) is 4.90 Å². The summed E-state index contributed by atoms with van der Waals surface area (Å²) >= 11 is 1.45. The van der Waals surface area contributed by atoms with E-state index in [0.717, 1.165) is 16.3 Å². The van der Waals surface area contributed by atoms with E-state index in [-0.39, 0.29) is 23.5 Å². The van der Waals surface area contributed by atoms with Crippen molar-refractivity contribution in [2.75, 3.05) is 16.8 Å². The van der Waals surface area contributed by atoms with Crippen molar-refractivity contribution in [1.82, 2.24) is 0 Å². The summed E-state index contributed by atoms with van der Waals surface area (Å²) in [4.78, 5) is 26.6. The summed E-state index contributed by atoms with van der Waals surface area (Å²) in [6, 6.07) is 18.9. The van der Waals surface area contributed by atoms with Crippen LogP contribution in [-0.4, -0.2) is 23.6 Å². The van der Waals surface area contributed by atoms with Crippen molar-refractivity contribution in [2.45, 2.75) is 30.4 Å². The lowest BCUT2D eigenvalue weighted by molar-refractivity contribution is -0.118. The second-order valence-electron chi connectivity index (χ2n) is 5.70. The van der Waals surface area contributed by atoms with Crippen molar-refractivity contribution >= 4 is 35.0 Å². The number of carbonyl (C=O) groups excluding carboxylic acids is 2. The molecule has 0 saturated carbocycles. The molecule has 0 unspecified atom stereocenters. The Balaban J connectivity index is 2.08. The summed E-state index contributed by atoms with van der Waals surface area (Å²) in [6.07, 6.45) is 0.281. The van der Waals surface area contributed by atoms with Gasteiger partial charge in [0.1, 0.15) is 0 Å². The minimum atomic E-state index is -0.305. The first-order valence-electron chi connectivity index (χ1n) is 8.29. The maximum absolute atomic E-state index is 12.9. The highest BCUT2D eigenvalue weighted by Gasteiger charge is 2.22. The van der Waals surface area contributed by atoms with Gasteiger partial charge in [0.2, 0.25) is 11.8 Å². The minimum Gasteiger partial charge on any atom is -0.326 e. The molecule has 0 bridgehead atoms. The van der Waals surface area contributed by atoms with E-state index in [1.807, 2.05) is 61.5 Å². The molecule has 0 aliphatic carbocycles. The van der Waals surface area contributed by atoms with Gasteiger partial charge >= 0.3 is 0 Å². The average molecular weight is 367 g/mol. The van der Waals surface area contributed by atoms with Crippen molar-refractivity contribution in [2.24, 2.45) is 0 Å². The number of nitrogens with zero attached hydrogens (tertiary/aromatic N) is 2. The Morgan fingerprint density at radius 3 is 2.38 bits per heavy atom.